The minimum Gasteiger partial charge on any atom is -0.346 e. The van der Waals surface area contributed by atoms with Gasteiger partial charge in [0.1, 0.15) is 4.90 Å². The molecule has 1 saturated carbocycles. The predicted molar refractivity (Wildman–Crippen MR) is 74.6 cm³/mol. The van der Waals surface area contributed by atoms with Crippen molar-refractivity contribution in [3.63, 3.8) is 0 Å². The lowest BCUT2D eigenvalue weighted by Crippen LogP contribution is -2.11. The lowest BCUT2D eigenvalue weighted by Gasteiger charge is -2.04. The molecule has 108 valence electrons. The number of nitrogens with zero attached hydrogens (tertiary/aromatic N) is 3. The molecular formula is C12H17N5O2S. The Morgan fingerprint density at radius 1 is 1.45 bits per heavy atom. The van der Waals surface area contributed by atoms with E-state index in [9.17, 15) is 8.42 Å². The molecule has 0 radical (unpaired) electrons. The van der Waals surface area contributed by atoms with Crippen molar-refractivity contribution in [3.05, 3.63) is 30.4 Å². The number of nitrogens with one attached hydrogen (secondary N) is 1. The Labute approximate surface area is 117 Å². The van der Waals surface area contributed by atoms with Gasteiger partial charge in [0.15, 0.2) is 0 Å². The molecule has 20 heavy (non-hydrogen) atoms. The van der Waals surface area contributed by atoms with Crippen LogP contribution in [0, 0.1) is 0 Å². The van der Waals surface area contributed by atoms with Crippen molar-refractivity contribution in [2.75, 3.05) is 4.72 Å². The Morgan fingerprint density at radius 3 is 2.75 bits per heavy atom. The van der Waals surface area contributed by atoms with Gasteiger partial charge in [0.05, 0.1) is 11.9 Å². The molecule has 3 rings (SSSR count). The summed E-state index contributed by atoms with van der Waals surface area (Å²) in [7, 11) is -1.87. The molecule has 1 aliphatic carbocycles. The SMILES string of the molecule is Cn1cc(NS(=O)(=O)c2cc(CN)n(C3CC3)c2)cn1. The van der Waals surface area contributed by atoms with E-state index in [-0.39, 0.29) is 4.90 Å². The van der Waals surface area contributed by atoms with Gasteiger partial charge in [-0.25, -0.2) is 8.42 Å². The van der Waals surface area contributed by atoms with Crippen molar-refractivity contribution in [2.24, 2.45) is 12.8 Å². The second-order valence-corrected chi connectivity index (χ2v) is 6.70. The van der Waals surface area contributed by atoms with Crippen LogP contribution in [0.2, 0.25) is 0 Å². The fourth-order valence-corrected chi connectivity index (χ4v) is 3.27. The minimum absolute atomic E-state index is 0.244. The summed E-state index contributed by atoms with van der Waals surface area (Å²) in [4.78, 5) is 0.244. The van der Waals surface area contributed by atoms with Crippen molar-refractivity contribution in [1.82, 2.24) is 14.3 Å². The van der Waals surface area contributed by atoms with Crippen LogP contribution in [0.4, 0.5) is 5.69 Å². The van der Waals surface area contributed by atoms with Crippen LogP contribution in [0.1, 0.15) is 24.6 Å². The second-order valence-electron chi connectivity index (χ2n) is 5.02. The van der Waals surface area contributed by atoms with E-state index in [1.54, 1.807) is 30.2 Å². The van der Waals surface area contributed by atoms with Gasteiger partial charge < -0.3 is 10.3 Å². The Balaban J connectivity index is 1.90. The molecule has 0 saturated heterocycles. The van der Waals surface area contributed by atoms with E-state index in [1.807, 2.05) is 4.57 Å². The smallest absolute Gasteiger partial charge is 0.263 e. The average Bonchev–Trinajstić information content (AvgIpc) is 3.01. The molecule has 8 heteroatoms. The summed E-state index contributed by atoms with van der Waals surface area (Å²) < 4.78 is 30.7. The lowest BCUT2D eigenvalue weighted by molar-refractivity contribution is 0.600. The minimum atomic E-state index is -3.60. The maximum Gasteiger partial charge on any atom is 0.263 e. The molecule has 1 fully saturated rings. The van der Waals surface area contributed by atoms with E-state index in [0.29, 0.717) is 18.3 Å². The van der Waals surface area contributed by atoms with E-state index >= 15 is 0 Å². The van der Waals surface area contributed by atoms with Crippen LogP contribution in [0.3, 0.4) is 0 Å². The summed E-state index contributed by atoms with van der Waals surface area (Å²) in [5.41, 5.74) is 6.97. The highest BCUT2D eigenvalue weighted by atomic mass is 32.2. The third-order valence-electron chi connectivity index (χ3n) is 3.32. The van der Waals surface area contributed by atoms with Gasteiger partial charge in [0.2, 0.25) is 0 Å². The number of aromatic nitrogens is 3. The molecule has 0 bridgehead atoms. The van der Waals surface area contributed by atoms with Gasteiger partial charge in [0, 0.05) is 37.7 Å². The van der Waals surface area contributed by atoms with Crippen LogP contribution < -0.4 is 10.5 Å². The van der Waals surface area contributed by atoms with Gasteiger partial charge >= 0.3 is 0 Å². The first kappa shape index (κ1) is 13.2. The Hall–Kier alpha value is -1.80. The zero-order valence-electron chi connectivity index (χ0n) is 11.2. The molecule has 3 N–H and O–H groups in total. The molecule has 2 heterocycles. The van der Waals surface area contributed by atoms with Crippen molar-refractivity contribution < 1.29 is 8.42 Å². The van der Waals surface area contributed by atoms with Crippen molar-refractivity contribution in [3.8, 4) is 0 Å². The maximum absolute atomic E-state index is 12.3. The van der Waals surface area contributed by atoms with E-state index in [4.69, 9.17) is 5.73 Å². The predicted octanol–water partition coefficient (Wildman–Crippen LogP) is 0.816. The first-order valence-electron chi connectivity index (χ1n) is 6.42. The summed E-state index contributed by atoms with van der Waals surface area (Å²) in [5, 5.41) is 3.94. The fourth-order valence-electron chi connectivity index (χ4n) is 2.19. The van der Waals surface area contributed by atoms with Gasteiger partial charge in [-0.2, -0.15) is 5.10 Å². The van der Waals surface area contributed by atoms with Crippen LogP contribution in [-0.2, 0) is 23.6 Å². The molecule has 0 amide bonds. The van der Waals surface area contributed by atoms with Crippen molar-refractivity contribution in [2.45, 2.75) is 30.3 Å². The third kappa shape index (κ3) is 2.44. The zero-order chi connectivity index (χ0) is 14.3. The first-order chi connectivity index (χ1) is 9.49. The summed E-state index contributed by atoms with van der Waals surface area (Å²) in [6.07, 6.45) is 6.91. The first-order valence-corrected chi connectivity index (χ1v) is 7.90. The average molecular weight is 295 g/mol. The topological polar surface area (TPSA) is 94.9 Å². The van der Waals surface area contributed by atoms with Crippen molar-refractivity contribution in [1.29, 1.82) is 0 Å². The molecule has 1 aliphatic rings. The number of hydrogen-bond acceptors (Lipinski definition) is 4. The summed E-state index contributed by atoms with van der Waals surface area (Å²) >= 11 is 0. The highest BCUT2D eigenvalue weighted by Crippen LogP contribution is 2.37. The number of aryl methyl sites for hydroxylation is 1. The van der Waals surface area contributed by atoms with Gasteiger partial charge in [-0.3, -0.25) is 9.40 Å². The van der Waals surface area contributed by atoms with Gasteiger partial charge in [-0.15, -0.1) is 0 Å². The van der Waals surface area contributed by atoms with E-state index in [0.717, 1.165) is 18.5 Å². The van der Waals surface area contributed by atoms with Crippen LogP contribution in [0.25, 0.3) is 0 Å². The summed E-state index contributed by atoms with van der Waals surface area (Å²) in [5.74, 6) is 0. The molecule has 0 aliphatic heterocycles. The molecule has 0 atom stereocenters. The second kappa shape index (κ2) is 4.64. The van der Waals surface area contributed by atoms with E-state index in [1.165, 1.54) is 6.20 Å². The maximum atomic E-state index is 12.3. The molecule has 7 nitrogen and oxygen atoms in total. The molecular weight excluding hydrogens is 278 g/mol. The molecule has 2 aromatic rings. The number of sulfonamides is 1. The fraction of sp³-hybridized carbons (Fsp3) is 0.417. The quantitative estimate of drug-likeness (QED) is 0.853. The number of anilines is 1. The Bertz CT molecular complexity index is 727. The molecule has 0 unspecified atom stereocenters. The van der Waals surface area contributed by atoms with Crippen LogP contribution in [0.5, 0.6) is 0 Å². The molecule has 2 aromatic heterocycles. The summed E-state index contributed by atoms with van der Waals surface area (Å²) in [6, 6.07) is 2.03. The Kier molecular flexibility index (Phi) is 3.06. The van der Waals surface area contributed by atoms with Gasteiger partial charge in [-0.05, 0) is 18.9 Å². The van der Waals surface area contributed by atoms with Gasteiger partial charge in [0.25, 0.3) is 10.0 Å². The van der Waals surface area contributed by atoms with Gasteiger partial charge in [-0.1, -0.05) is 0 Å². The standard InChI is InChI=1S/C12H17N5O2S/c1-16-7-9(6-14-16)15-20(18,19)12-4-11(5-13)17(8-12)10-2-3-10/h4,6-8,10,15H,2-3,5,13H2,1H3. The largest absolute Gasteiger partial charge is 0.346 e. The van der Waals surface area contributed by atoms with Crippen molar-refractivity contribution >= 4 is 15.7 Å². The molecule has 0 spiro atoms. The van der Waals surface area contributed by atoms with Crippen LogP contribution >= 0.6 is 0 Å². The highest BCUT2D eigenvalue weighted by molar-refractivity contribution is 7.92. The van der Waals surface area contributed by atoms with E-state index < -0.39 is 10.0 Å². The van der Waals surface area contributed by atoms with Crippen LogP contribution in [-0.4, -0.2) is 22.8 Å². The number of rotatable bonds is 5. The number of hydrogen-bond donors (Lipinski definition) is 2. The lowest BCUT2D eigenvalue weighted by atomic mass is 10.4. The summed E-state index contributed by atoms with van der Waals surface area (Å²) in [6.45, 7) is 0.332. The van der Waals surface area contributed by atoms with Crippen LogP contribution in [0.15, 0.2) is 29.6 Å². The Morgan fingerprint density at radius 2 is 2.20 bits per heavy atom. The third-order valence-corrected chi connectivity index (χ3v) is 4.67. The normalized spacial score (nSPS) is 15.5. The zero-order valence-corrected chi connectivity index (χ0v) is 12.0. The number of nitrogens with two attached hydrogens (primary N) is 1. The highest BCUT2D eigenvalue weighted by Gasteiger charge is 2.28. The van der Waals surface area contributed by atoms with E-state index in [2.05, 4.69) is 9.82 Å². The monoisotopic (exact) mass is 295 g/mol. The molecule has 0 aromatic carbocycles.